The molecule has 2 N–H and O–H groups in total. The van der Waals surface area contributed by atoms with E-state index in [0.29, 0.717) is 33.8 Å². The van der Waals surface area contributed by atoms with E-state index in [2.05, 4.69) is 5.32 Å². The number of carbonyl (C=O) groups excluding carboxylic acids is 2. The maximum absolute atomic E-state index is 13.8. The summed E-state index contributed by atoms with van der Waals surface area (Å²) in [6.45, 7) is 3.66. The van der Waals surface area contributed by atoms with Crippen LogP contribution in [0, 0.1) is 11.6 Å². The number of imide groups is 1. The summed E-state index contributed by atoms with van der Waals surface area (Å²) in [7, 11) is 0. The minimum absolute atomic E-state index is 0.259. The molecule has 1 heterocycles. The Morgan fingerprint density at radius 2 is 1.76 bits per heavy atom. The highest BCUT2D eigenvalue weighted by Gasteiger charge is 2.40. The molecule has 0 fully saturated rings. The minimum Gasteiger partial charge on any atom is -0.478 e. The topological polar surface area (TPSA) is 76.7 Å². The van der Waals surface area contributed by atoms with Gasteiger partial charge in [-0.15, -0.1) is 0 Å². The lowest BCUT2D eigenvalue weighted by atomic mass is 10.0. The Bertz CT molecular complexity index is 1280. The van der Waals surface area contributed by atoms with Gasteiger partial charge in [-0.25, -0.2) is 13.6 Å². The van der Waals surface area contributed by atoms with Crippen molar-refractivity contribution >= 4 is 40.8 Å². The van der Waals surface area contributed by atoms with Crippen LogP contribution in [0.2, 0.25) is 0 Å². The van der Waals surface area contributed by atoms with Gasteiger partial charge in [0.1, 0.15) is 28.5 Å². The van der Waals surface area contributed by atoms with Gasteiger partial charge in [0.25, 0.3) is 5.91 Å². The van der Waals surface area contributed by atoms with Crippen LogP contribution in [0.25, 0.3) is 0 Å². The van der Waals surface area contributed by atoms with Crippen molar-refractivity contribution in [3.05, 3.63) is 92.9 Å². The number of ether oxygens (including phenoxy) is 2. The fourth-order valence-corrected chi connectivity index (χ4v) is 3.92. The molecule has 1 aliphatic heterocycles. The Morgan fingerprint density at radius 3 is 2.47 bits per heavy atom. The average molecular weight is 507 g/mol. The first-order valence-electron chi connectivity index (χ1n) is 10.1. The normalized spacial score (nSPS) is 16.5. The fraction of sp³-hybridized carbons (Fsp3) is 0.167. The van der Waals surface area contributed by atoms with Gasteiger partial charge in [-0.3, -0.25) is 10.1 Å². The van der Waals surface area contributed by atoms with Crippen LogP contribution in [-0.4, -0.2) is 17.5 Å². The van der Waals surface area contributed by atoms with Crippen LogP contribution < -0.4 is 15.4 Å². The van der Waals surface area contributed by atoms with Gasteiger partial charge in [-0.1, -0.05) is 35.3 Å². The molecule has 10 heteroatoms. The number of halogens is 4. The second-order valence-corrected chi connectivity index (χ2v) is 8.86. The predicted octanol–water partition coefficient (Wildman–Crippen LogP) is 6.35. The summed E-state index contributed by atoms with van der Waals surface area (Å²) in [4.78, 5) is 24.3. The van der Waals surface area contributed by atoms with E-state index >= 15 is 0 Å². The predicted molar refractivity (Wildman–Crippen MR) is 124 cm³/mol. The molecule has 0 saturated carbocycles. The Balaban J connectivity index is 1.49. The van der Waals surface area contributed by atoms with E-state index in [1.165, 1.54) is 6.07 Å². The summed E-state index contributed by atoms with van der Waals surface area (Å²) in [6, 6.07) is 8.24. The molecule has 0 bridgehead atoms. The van der Waals surface area contributed by atoms with E-state index in [4.69, 9.17) is 32.7 Å². The molecule has 2 aromatic rings. The Hall–Kier alpha value is -3.36. The van der Waals surface area contributed by atoms with Gasteiger partial charge in [0.05, 0.1) is 5.03 Å². The molecule has 0 radical (unpaired) electrons. The highest BCUT2D eigenvalue weighted by molar-refractivity contribution is 6.33. The number of allylic oxidation sites excluding steroid dienone is 3. The zero-order valence-electron chi connectivity index (χ0n) is 18.0. The van der Waals surface area contributed by atoms with Gasteiger partial charge < -0.3 is 14.8 Å². The zero-order chi connectivity index (χ0) is 24.6. The Labute approximate surface area is 203 Å². The first kappa shape index (κ1) is 23.8. The molecule has 0 saturated heterocycles. The molecular weight excluding hydrogens is 489 g/mol. The summed E-state index contributed by atoms with van der Waals surface area (Å²) in [5.74, 6) is -2.22. The Kier molecular flexibility index (Phi) is 6.38. The molecule has 3 amide bonds. The van der Waals surface area contributed by atoms with Crippen molar-refractivity contribution in [1.29, 1.82) is 0 Å². The minimum atomic E-state index is -1.22. The molecule has 34 heavy (non-hydrogen) atoms. The van der Waals surface area contributed by atoms with Crippen molar-refractivity contribution in [2.24, 2.45) is 0 Å². The van der Waals surface area contributed by atoms with E-state index in [-0.39, 0.29) is 5.69 Å². The molecule has 1 aliphatic carbocycles. The summed E-state index contributed by atoms with van der Waals surface area (Å²) < 4.78 is 39.4. The fourth-order valence-electron chi connectivity index (χ4n) is 3.49. The first-order chi connectivity index (χ1) is 16.0. The van der Waals surface area contributed by atoms with Crippen LogP contribution in [0.1, 0.15) is 30.6 Å². The molecule has 0 atom stereocenters. The third-order valence-electron chi connectivity index (χ3n) is 5.02. The number of nitrogens with one attached hydrogen (secondary N) is 2. The van der Waals surface area contributed by atoms with Crippen molar-refractivity contribution in [3.8, 4) is 5.75 Å². The molecule has 0 spiro atoms. The quantitative estimate of drug-likeness (QED) is 0.506. The number of anilines is 1. The lowest BCUT2D eigenvalue weighted by Crippen LogP contribution is -2.35. The van der Waals surface area contributed by atoms with Gasteiger partial charge in [0, 0.05) is 28.8 Å². The molecule has 176 valence electrons. The van der Waals surface area contributed by atoms with Gasteiger partial charge in [0.2, 0.25) is 0 Å². The second-order valence-electron chi connectivity index (χ2n) is 8.00. The van der Waals surface area contributed by atoms with E-state index in [1.54, 1.807) is 24.3 Å². The number of carbonyl (C=O) groups is 2. The third-order valence-corrected chi connectivity index (χ3v) is 5.94. The largest absolute Gasteiger partial charge is 0.478 e. The number of fused-ring (bicyclic) bond motifs is 1. The van der Waals surface area contributed by atoms with Crippen LogP contribution >= 0.6 is 23.2 Å². The number of hydrogen-bond acceptors (Lipinski definition) is 4. The number of urea groups is 1. The summed E-state index contributed by atoms with van der Waals surface area (Å²) >= 11 is 12.7. The molecule has 0 aromatic heterocycles. The SMILES string of the molecule is CC1(C)OC2=C(Oc3cccc(NC(=O)NC(=O)c4c(F)cccc4F)c3)C=C(Cl)CC2=C1Cl. The highest BCUT2D eigenvalue weighted by Crippen LogP contribution is 2.47. The smallest absolute Gasteiger partial charge is 0.326 e. The molecular formula is C24H18Cl2F2N2O4. The van der Waals surface area contributed by atoms with Crippen molar-refractivity contribution in [1.82, 2.24) is 5.32 Å². The van der Waals surface area contributed by atoms with Crippen molar-refractivity contribution in [2.45, 2.75) is 25.9 Å². The number of rotatable bonds is 4. The van der Waals surface area contributed by atoms with Gasteiger partial charge >= 0.3 is 6.03 Å². The standard InChI is InChI=1S/C24H18Cl2F2N2O4/c1-24(2)21(26)15-9-12(25)10-18(20(15)34-24)33-14-6-3-5-13(11-14)29-23(32)30-22(31)19-16(27)7-4-8-17(19)28/h3-8,10-11H,9H2,1-2H3,(H2,29,30,31,32). The van der Waals surface area contributed by atoms with Crippen molar-refractivity contribution in [2.75, 3.05) is 5.32 Å². The monoisotopic (exact) mass is 506 g/mol. The van der Waals surface area contributed by atoms with Crippen LogP contribution in [-0.2, 0) is 4.74 Å². The highest BCUT2D eigenvalue weighted by atomic mass is 35.5. The van der Waals surface area contributed by atoms with E-state index < -0.39 is 34.7 Å². The van der Waals surface area contributed by atoms with Gasteiger partial charge in [-0.2, -0.15) is 0 Å². The second kappa shape index (κ2) is 9.12. The third kappa shape index (κ3) is 4.78. The number of amides is 3. The summed E-state index contributed by atoms with van der Waals surface area (Å²) in [5.41, 5.74) is -0.579. The molecule has 6 nitrogen and oxygen atoms in total. The summed E-state index contributed by atoms with van der Waals surface area (Å²) in [5, 5.41) is 5.36. The van der Waals surface area contributed by atoms with Crippen molar-refractivity contribution < 1.29 is 27.8 Å². The molecule has 0 unspecified atom stereocenters. The number of benzene rings is 2. The lowest BCUT2D eigenvalue weighted by Gasteiger charge is -2.21. The first-order valence-corrected chi connectivity index (χ1v) is 10.8. The van der Waals surface area contributed by atoms with Crippen molar-refractivity contribution in [3.63, 3.8) is 0 Å². The van der Waals surface area contributed by atoms with Gasteiger partial charge in [0.15, 0.2) is 11.5 Å². The van der Waals surface area contributed by atoms with Crippen LogP contribution in [0.4, 0.5) is 19.3 Å². The zero-order valence-corrected chi connectivity index (χ0v) is 19.5. The van der Waals surface area contributed by atoms with E-state index in [9.17, 15) is 18.4 Å². The molecule has 2 aliphatic rings. The maximum Gasteiger partial charge on any atom is 0.326 e. The van der Waals surface area contributed by atoms with E-state index in [1.807, 2.05) is 19.2 Å². The summed E-state index contributed by atoms with van der Waals surface area (Å²) in [6.07, 6.45) is 2.05. The maximum atomic E-state index is 13.8. The average Bonchev–Trinajstić information content (AvgIpc) is 2.97. The van der Waals surface area contributed by atoms with Crippen LogP contribution in [0.3, 0.4) is 0 Å². The van der Waals surface area contributed by atoms with E-state index in [0.717, 1.165) is 23.8 Å². The lowest BCUT2D eigenvalue weighted by molar-refractivity contribution is 0.0912. The van der Waals surface area contributed by atoms with Crippen LogP contribution in [0.5, 0.6) is 5.75 Å². The molecule has 2 aromatic carbocycles. The number of hydrogen-bond donors (Lipinski definition) is 2. The van der Waals surface area contributed by atoms with Crippen LogP contribution in [0.15, 0.2) is 75.7 Å². The van der Waals surface area contributed by atoms with Gasteiger partial charge in [-0.05, 0) is 44.2 Å². The Morgan fingerprint density at radius 1 is 1.09 bits per heavy atom. The molecule has 4 rings (SSSR count).